The Morgan fingerprint density at radius 1 is 1.17 bits per heavy atom. The maximum Gasteiger partial charge on any atom is 0.167 e. The van der Waals surface area contributed by atoms with E-state index in [2.05, 4.69) is 19.9 Å². The fourth-order valence-corrected chi connectivity index (χ4v) is 2.89. The molecule has 9 nitrogen and oxygen atoms in total. The maximum absolute atomic E-state index is 10.2. The molecule has 3 heterocycles. The summed E-state index contributed by atoms with van der Waals surface area (Å²) in [4.78, 5) is 14.9. The third kappa shape index (κ3) is 2.55. The van der Waals surface area contributed by atoms with Gasteiger partial charge in [0, 0.05) is 13.1 Å². The molecular weight excluding hydrogens is 302 g/mol. The van der Waals surface area contributed by atoms with Gasteiger partial charge in [0.2, 0.25) is 0 Å². The van der Waals surface area contributed by atoms with Crippen molar-refractivity contribution in [3.05, 3.63) is 12.7 Å². The Hall–Kier alpha value is -1.81. The number of fused-ring (bicyclic) bond motifs is 1. The number of hydrogen-bond acceptors (Lipinski definition) is 8. The number of aliphatic hydroxyl groups is 3. The van der Waals surface area contributed by atoms with Crippen molar-refractivity contribution in [3.63, 3.8) is 0 Å². The van der Waals surface area contributed by atoms with Crippen LogP contribution in [0.1, 0.15) is 20.1 Å². The summed E-state index contributed by atoms with van der Waals surface area (Å²) in [6.07, 6.45) is -1.08. The second kappa shape index (κ2) is 6.36. The molecule has 0 aromatic carbocycles. The van der Waals surface area contributed by atoms with Crippen LogP contribution in [0.25, 0.3) is 11.2 Å². The standard InChI is InChI=1S/C14H21N5O4/c1-3-18(4-2)12-9-13(16-6-15-12)19(7-17-9)14-11(22)10(21)8(5-20)23-14/h6-8,10-11,14,20-22H,3-5H2,1-2H3. The monoisotopic (exact) mass is 323 g/mol. The number of anilines is 1. The Bertz CT molecular complexity index is 674. The molecule has 3 N–H and O–H groups in total. The Balaban J connectivity index is 2.02. The highest BCUT2D eigenvalue weighted by molar-refractivity contribution is 5.83. The first-order chi connectivity index (χ1) is 11.1. The summed E-state index contributed by atoms with van der Waals surface area (Å²) in [6, 6.07) is 0. The van der Waals surface area contributed by atoms with Gasteiger partial charge in [-0.2, -0.15) is 0 Å². The molecule has 1 fully saturated rings. The number of ether oxygens (including phenoxy) is 1. The number of hydrogen-bond donors (Lipinski definition) is 3. The van der Waals surface area contributed by atoms with E-state index in [0.717, 1.165) is 13.1 Å². The predicted molar refractivity (Wildman–Crippen MR) is 81.9 cm³/mol. The highest BCUT2D eigenvalue weighted by atomic mass is 16.6. The van der Waals surface area contributed by atoms with Gasteiger partial charge in [0.05, 0.1) is 12.9 Å². The zero-order valence-electron chi connectivity index (χ0n) is 13.1. The quantitative estimate of drug-likeness (QED) is 0.660. The summed E-state index contributed by atoms with van der Waals surface area (Å²) >= 11 is 0. The molecule has 1 saturated heterocycles. The van der Waals surface area contributed by atoms with Gasteiger partial charge >= 0.3 is 0 Å². The van der Waals surface area contributed by atoms with Crippen LogP contribution in [0.15, 0.2) is 12.7 Å². The van der Waals surface area contributed by atoms with E-state index in [1.54, 1.807) is 4.57 Å². The molecule has 2 aromatic heterocycles. The van der Waals surface area contributed by atoms with E-state index in [1.165, 1.54) is 12.7 Å². The number of rotatable bonds is 5. The van der Waals surface area contributed by atoms with Crippen LogP contribution in [-0.4, -0.2) is 72.8 Å². The third-order valence-electron chi connectivity index (χ3n) is 4.19. The second-order valence-corrected chi connectivity index (χ2v) is 5.42. The lowest BCUT2D eigenvalue weighted by molar-refractivity contribution is -0.0511. The van der Waals surface area contributed by atoms with Crippen molar-refractivity contribution < 1.29 is 20.1 Å². The van der Waals surface area contributed by atoms with Crippen LogP contribution in [0.4, 0.5) is 5.82 Å². The third-order valence-corrected chi connectivity index (χ3v) is 4.19. The Morgan fingerprint density at radius 2 is 1.91 bits per heavy atom. The van der Waals surface area contributed by atoms with Crippen LogP contribution < -0.4 is 4.90 Å². The van der Waals surface area contributed by atoms with E-state index in [9.17, 15) is 15.3 Å². The van der Waals surface area contributed by atoms with Crippen LogP contribution >= 0.6 is 0 Å². The summed E-state index contributed by atoms with van der Waals surface area (Å²) in [6.45, 7) is 5.24. The molecule has 0 bridgehead atoms. The number of nitrogens with zero attached hydrogens (tertiary/aromatic N) is 5. The highest BCUT2D eigenvalue weighted by Crippen LogP contribution is 2.32. The minimum Gasteiger partial charge on any atom is -0.394 e. The molecule has 126 valence electrons. The van der Waals surface area contributed by atoms with Crippen molar-refractivity contribution in [2.75, 3.05) is 24.6 Å². The summed E-state index contributed by atoms with van der Waals surface area (Å²) < 4.78 is 7.10. The fourth-order valence-electron chi connectivity index (χ4n) is 2.89. The largest absolute Gasteiger partial charge is 0.394 e. The lowest BCUT2D eigenvalue weighted by Crippen LogP contribution is -2.33. The van der Waals surface area contributed by atoms with E-state index in [0.29, 0.717) is 17.0 Å². The molecular formula is C14H21N5O4. The van der Waals surface area contributed by atoms with Gasteiger partial charge in [-0.05, 0) is 13.8 Å². The van der Waals surface area contributed by atoms with Gasteiger partial charge in [0.1, 0.15) is 24.6 Å². The minimum atomic E-state index is -1.17. The van der Waals surface area contributed by atoms with E-state index in [1.807, 2.05) is 13.8 Å². The number of imidazole rings is 1. The fraction of sp³-hybridized carbons (Fsp3) is 0.643. The lowest BCUT2D eigenvalue weighted by atomic mass is 10.1. The van der Waals surface area contributed by atoms with Gasteiger partial charge in [-0.25, -0.2) is 15.0 Å². The smallest absolute Gasteiger partial charge is 0.167 e. The average Bonchev–Trinajstić information content (AvgIpc) is 3.11. The van der Waals surface area contributed by atoms with Crippen molar-refractivity contribution in [3.8, 4) is 0 Å². The molecule has 4 unspecified atom stereocenters. The van der Waals surface area contributed by atoms with Crippen LogP contribution in [0.3, 0.4) is 0 Å². The second-order valence-electron chi connectivity index (χ2n) is 5.42. The molecule has 0 spiro atoms. The van der Waals surface area contributed by atoms with E-state index in [4.69, 9.17) is 4.74 Å². The van der Waals surface area contributed by atoms with Crippen LogP contribution in [0.5, 0.6) is 0 Å². The molecule has 4 atom stereocenters. The molecule has 1 aliphatic heterocycles. The van der Waals surface area contributed by atoms with Gasteiger partial charge in [-0.3, -0.25) is 4.57 Å². The Labute approximate surface area is 133 Å². The molecule has 2 aromatic rings. The van der Waals surface area contributed by atoms with Crippen LogP contribution in [-0.2, 0) is 4.74 Å². The molecule has 0 aliphatic carbocycles. The SMILES string of the molecule is CCN(CC)c1ncnc2c1ncn2C1OC(CO)C(O)C1O. The number of aliphatic hydroxyl groups excluding tert-OH is 3. The van der Waals surface area contributed by atoms with E-state index >= 15 is 0 Å². The predicted octanol–water partition coefficient (Wildman–Crippen LogP) is -0.716. The summed E-state index contributed by atoms with van der Waals surface area (Å²) in [5.41, 5.74) is 1.12. The van der Waals surface area contributed by atoms with Crippen molar-refractivity contribution in [1.29, 1.82) is 0 Å². The summed E-state index contributed by atoms with van der Waals surface area (Å²) in [5.74, 6) is 0.713. The molecule has 9 heteroatoms. The van der Waals surface area contributed by atoms with Crippen molar-refractivity contribution in [2.24, 2.45) is 0 Å². The van der Waals surface area contributed by atoms with E-state index in [-0.39, 0.29) is 6.61 Å². The highest BCUT2D eigenvalue weighted by Gasteiger charge is 2.44. The van der Waals surface area contributed by atoms with Crippen LogP contribution in [0.2, 0.25) is 0 Å². The Kier molecular flexibility index (Phi) is 4.44. The molecule has 3 rings (SSSR count). The molecule has 1 aliphatic rings. The van der Waals surface area contributed by atoms with Crippen LogP contribution in [0, 0.1) is 0 Å². The van der Waals surface area contributed by atoms with Crippen molar-refractivity contribution in [2.45, 2.75) is 38.4 Å². The average molecular weight is 323 g/mol. The molecule has 0 amide bonds. The summed E-state index contributed by atoms with van der Waals surface area (Å²) in [5, 5.41) is 29.3. The Morgan fingerprint density at radius 3 is 2.52 bits per heavy atom. The minimum absolute atomic E-state index is 0.374. The van der Waals surface area contributed by atoms with Gasteiger partial charge in [0.15, 0.2) is 23.2 Å². The van der Waals surface area contributed by atoms with Gasteiger partial charge in [0.25, 0.3) is 0 Å². The molecule has 23 heavy (non-hydrogen) atoms. The van der Waals surface area contributed by atoms with Gasteiger partial charge < -0.3 is 25.0 Å². The first-order valence-electron chi connectivity index (χ1n) is 7.67. The van der Waals surface area contributed by atoms with Crippen molar-refractivity contribution >= 4 is 17.0 Å². The van der Waals surface area contributed by atoms with Gasteiger partial charge in [-0.15, -0.1) is 0 Å². The first kappa shape index (κ1) is 16.1. The van der Waals surface area contributed by atoms with Gasteiger partial charge in [-0.1, -0.05) is 0 Å². The van der Waals surface area contributed by atoms with Crippen molar-refractivity contribution in [1.82, 2.24) is 19.5 Å². The topological polar surface area (TPSA) is 117 Å². The number of aromatic nitrogens is 4. The lowest BCUT2D eigenvalue weighted by Gasteiger charge is -2.20. The maximum atomic E-state index is 10.2. The zero-order valence-corrected chi connectivity index (χ0v) is 13.1. The summed E-state index contributed by atoms with van der Waals surface area (Å²) in [7, 11) is 0. The molecule has 0 saturated carbocycles. The normalized spacial score (nSPS) is 27.7. The molecule has 0 radical (unpaired) electrons. The first-order valence-corrected chi connectivity index (χ1v) is 7.67. The zero-order chi connectivity index (χ0) is 16.6. The van der Waals surface area contributed by atoms with E-state index < -0.39 is 24.5 Å².